The Labute approximate surface area is 185 Å². The van der Waals surface area contributed by atoms with Crippen molar-refractivity contribution in [2.24, 2.45) is 5.92 Å². The number of benzene rings is 2. The molecule has 32 heavy (non-hydrogen) atoms. The number of hydrogen-bond donors (Lipinski definition) is 1. The van der Waals surface area contributed by atoms with E-state index in [1.807, 2.05) is 0 Å². The van der Waals surface area contributed by atoms with Crippen LogP contribution in [0.1, 0.15) is 36.0 Å². The molecule has 2 aromatic carbocycles. The van der Waals surface area contributed by atoms with Crippen LogP contribution >= 0.6 is 0 Å². The number of halogens is 1. The lowest BCUT2D eigenvalue weighted by molar-refractivity contribution is 0.0917. The number of aromatic nitrogens is 2. The molecule has 2 heterocycles. The number of amides is 1. The lowest BCUT2D eigenvalue weighted by Crippen LogP contribution is -2.37. The van der Waals surface area contributed by atoms with Crippen LogP contribution in [0.25, 0.3) is 11.5 Å². The third-order valence-corrected chi connectivity index (χ3v) is 7.38. The van der Waals surface area contributed by atoms with E-state index in [4.69, 9.17) is 4.42 Å². The summed E-state index contributed by atoms with van der Waals surface area (Å²) in [5, 5.41) is 10.3. The predicted octanol–water partition coefficient (Wildman–Crippen LogP) is 3.23. The maximum Gasteiger partial charge on any atom is 0.309 e. The highest BCUT2D eigenvalue weighted by Gasteiger charge is 2.28. The van der Waals surface area contributed by atoms with Gasteiger partial charge in [-0.2, -0.15) is 4.31 Å². The standard InChI is InChI=1S/C22H23FN4O4S/c1-15-10-12-27(13-11-15)32(29,30)19-8-4-17(5-9-19)21-25-26-22(31-21)20(28)24-14-16-2-6-18(23)7-3-16/h2-9,15H,10-14H2,1H3,(H,24,28). The van der Waals surface area contributed by atoms with Crippen LogP contribution in [0.4, 0.5) is 4.39 Å². The average molecular weight is 459 g/mol. The van der Waals surface area contributed by atoms with Gasteiger partial charge in [0.2, 0.25) is 15.9 Å². The number of carbonyl (C=O) groups excluding carboxylic acids is 1. The van der Waals surface area contributed by atoms with Gasteiger partial charge in [-0.15, -0.1) is 10.2 Å². The molecule has 10 heteroatoms. The minimum absolute atomic E-state index is 0.104. The van der Waals surface area contributed by atoms with Crippen molar-refractivity contribution in [2.75, 3.05) is 13.1 Å². The fraction of sp³-hybridized carbons (Fsp3) is 0.318. The van der Waals surface area contributed by atoms with Crippen LogP contribution in [0, 0.1) is 11.7 Å². The van der Waals surface area contributed by atoms with Crippen molar-refractivity contribution in [2.45, 2.75) is 31.2 Å². The Morgan fingerprint density at radius 2 is 1.75 bits per heavy atom. The molecular weight excluding hydrogens is 435 g/mol. The second kappa shape index (κ2) is 9.17. The zero-order valence-corrected chi connectivity index (χ0v) is 18.3. The lowest BCUT2D eigenvalue weighted by atomic mass is 10.0. The van der Waals surface area contributed by atoms with Gasteiger partial charge in [0.1, 0.15) is 5.82 Å². The van der Waals surface area contributed by atoms with Crippen molar-refractivity contribution in [1.82, 2.24) is 19.8 Å². The molecule has 0 aliphatic carbocycles. The SMILES string of the molecule is CC1CCN(S(=O)(=O)c2ccc(-c3nnc(C(=O)NCc4ccc(F)cc4)o3)cc2)CC1. The number of hydrogen-bond acceptors (Lipinski definition) is 6. The average Bonchev–Trinajstić information content (AvgIpc) is 3.29. The van der Waals surface area contributed by atoms with E-state index in [1.165, 1.54) is 28.6 Å². The molecule has 0 bridgehead atoms. The van der Waals surface area contributed by atoms with Gasteiger partial charge in [0, 0.05) is 25.2 Å². The second-order valence-corrected chi connectivity index (χ2v) is 9.77. The number of sulfonamides is 1. The van der Waals surface area contributed by atoms with Gasteiger partial charge >= 0.3 is 11.8 Å². The van der Waals surface area contributed by atoms with Crippen molar-refractivity contribution in [3.8, 4) is 11.5 Å². The minimum atomic E-state index is -3.55. The Kier molecular flexibility index (Phi) is 6.33. The van der Waals surface area contributed by atoms with Crippen molar-refractivity contribution < 1.29 is 22.0 Å². The van der Waals surface area contributed by atoms with Crippen LogP contribution < -0.4 is 5.32 Å². The summed E-state index contributed by atoms with van der Waals surface area (Å²) in [5.74, 6) is -0.505. The Morgan fingerprint density at radius 1 is 1.09 bits per heavy atom. The van der Waals surface area contributed by atoms with E-state index in [9.17, 15) is 17.6 Å². The summed E-state index contributed by atoms with van der Waals surface area (Å²) in [5.41, 5.74) is 1.22. The van der Waals surface area contributed by atoms with Crippen molar-refractivity contribution in [3.05, 3.63) is 65.8 Å². The Morgan fingerprint density at radius 3 is 2.41 bits per heavy atom. The topological polar surface area (TPSA) is 105 Å². The fourth-order valence-corrected chi connectivity index (χ4v) is 4.91. The highest BCUT2D eigenvalue weighted by molar-refractivity contribution is 7.89. The molecule has 1 aliphatic heterocycles. The maximum absolute atomic E-state index is 13.0. The number of piperidine rings is 1. The third-order valence-electron chi connectivity index (χ3n) is 5.47. The summed E-state index contributed by atoms with van der Waals surface area (Å²) in [6, 6.07) is 11.9. The summed E-state index contributed by atoms with van der Waals surface area (Å²) in [6.45, 7) is 3.34. The molecule has 0 saturated carbocycles. The summed E-state index contributed by atoms with van der Waals surface area (Å²) in [4.78, 5) is 12.4. The van der Waals surface area contributed by atoms with Crippen molar-refractivity contribution >= 4 is 15.9 Å². The molecule has 168 valence electrons. The van der Waals surface area contributed by atoms with Gasteiger partial charge in [-0.1, -0.05) is 19.1 Å². The molecule has 8 nitrogen and oxygen atoms in total. The number of nitrogens with zero attached hydrogens (tertiary/aromatic N) is 3. The molecule has 4 rings (SSSR count). The molecule has 1 saturated heterocycles. The molecule has 1 aromatic heterocycles. The van der Waals surface area contributed by atoms with Crippen LogP contribution in [0.3, 0.4) is 0 Å². The molecule has 0 radical (unpaired) electrons. The van der Waals surface area contributed by atoms with Gasteiger partial charge in [-0.05, 0) is 60.7 Å². The first-order valence-electron chi connectivity index (χ1n) is 10.3. The monoisotopic (exact) mass is 458 g/mol. The summed E-state index contributed by atoms with van der Waals surface area (Å²) >= 11 is 0. The molecule has 1 aliphatic rings. The first-order valence-corrected chi connectivity index (χ1v) is 11.7. The Hall–Kier alpha value is -3.11. The van der Waals surface area contributed by atoms with Gasteiger partial charge in [0.25, 0.3) is 0 Å². The first kappa shape index (κ1) is 22.1. The second-order valence-electron chi connectivity index (χ2n) is 7.83. The van der Waals surface area contributed by atoms with Gasteiger partial charge in [-0.3, -0.25) is 4.79 Å². The summed E-state index contributed by atoms with van der Waals surface area (Å²) < 4.78 is 45.6. The first-order chi connectivity index (χ1) is 15.3. The lowest BCUT2D eigenvalue weighted by Gasteiger charge is -2.29. The number of nitrogens with one attached hydrogen (secondary N) is 1. The molecule has 1 amide bonds. The van der Waals surface area contributed by atoms with Crippen molar-refractivity contribution in [1.29, 1.82) is 0 Å². The van der Waals surface area contributed by atoms with E-state index < -0.39 is 15.9 Å². The summed E-state index contributed by atoms with van der Waals surface area (Å²) in [6.07, 6.45) is 1.70. The highest BCUT2D eigenvalue weighted by Crippen LogP contribution is 2.25. The van der Waals surface area contributed by atoms with E-state index in [0.717, 1.165) is 18.4 Å². The molecule has 0 atom stereocenters. The normalized spacial score (nSPS) is 15.6. The summed E-state index contributed by atoms with van der Waals surface area (Å²) in [7, 11) is -3.55. The molecule has 3 aromatic rings. The van der Waals surface area contributed by atoms with Crippen molar-refractivity contribution in [3.63, 3.8) is 0 Å². The zero-order valence-electron chi connectivity index (χ0n) is 17.5. The Bertz CT molecular complexity index is 1190. The quantitative estimate of drug-likeness (QED) is 0.608. The van der Waals surface area contributed by atoms with E-state index in [-0.39, 0.29) is 29.0 Å². The van der Waals surface area contributed by atoms with Gasteiger partial charge < -0.3 is 9.73 Å². The largest absolute Gasteiger partial charge is 0.412 e. The Balaban J connectivity index is 1.41. The highest BCUT2D eigenvalue weighted by atomic mass is 32.2. The maximum atomic E-state index is 13.0. The predicted molar refractivity (Wildman–Crippen MR) is 114 cm³/mol. The van der Waals surface area contributed by atoms with Gasteiger partial charge in [0.05, 0.1) is 4.90 Å². The third kappa shape index (κ3) is 4.86. The van der Waals surface area contributed by atoms with Crippen LogP contribution in [-0.2, 0) is 16.6 Å². The van der Waals surface area contributed by atoms with Crippen LogP contribution in [-0.4, -0.2) is 41.9 Å². The van der Waals surface area contributed by atoms with E-state index in [2.05, 4.69) is 22.4 Å². The molecular formula is C22H23FN4O4S. The smallest absolute Gasteiger partial charge is 0.309 e. The molecule has 1 fully saturated rings. The van der Waals surface area contributed by atoms with Crippen LogP contribution in [0.2, 0.25) is 0 Å². The number of rotatable bonds is 6. The van der Waals surface area contributed by atoms with E-state index >= 15 is 0 Å². The van der Waals surface area contributed by atoms with E-state index in [1.54, 1.807) is 24.3 Å². The fourth-order valence-electron chi connectivity index (χ4n) is 3.44. The zero-order chi connectivity index (χ0) is 22.7. The van der Waals surface area contributed by atoms with Crippen LogP contribution in [0.15, 0.2) is 57.8 Å². The van der Waals surface area contributed by atoms with Gasteiger partial charge in [-0.25, -0.2) is 12.8 Å². The number of carbonyl (C=O) groups is 1. The van der Waals surface area contributed by atoms with E-state index in [0.29, 0.717) is 24.6 Å². The van der Waals surface area contributed by atoms with Gasteiger partial charge in [0.15, 0.2) is 0 Å². The van der Waals surface area contributed by atoms with Crippen LogP contribution in [0.5, 0.6) is 0 Å². The molecule has 0 spiro atoms. The minimum Gasteiger partial charge on any atom is -0.412 e. The molecule has 0 unspecified atom stereocenters. The molecule has 1 N–H and O–H groups in total.